The van der Waals surface area contributed by atoms with Gasteiger partial charge in [-0.15, -0.1) is 0 Å². The van der Waals surface area contributed by atoms with Gasteiger partial charge in [0, 0.05) is 6.54 Å². The zero-order valence-corrected chi connectivity index (χ0v) is 21.3. The van der Waals surface area contributed by atoms with Gasteiger partial charge < -0.3 is 5.73 Å². The molecule has 2 amide bonds. The van der Waals surface area contributed by atoms with E-state index in [4.69, 9.17) is 10.5 Å². The second kappa shape index (κ2) is 11.3. The standard InChI is InChI=1S/C23H24N4O4S.C2HF3O/c1-3-19-21(20(4-2)26(25-19)14-13-24)32(30,31)16-11-9-15(10-12-16)27-22(28)17-7-5-6-8-18(17)23(27)29;3-2(4,5)1-6/h5-12H,3-4,13-14,24H2,1-2H3;1H. The molecule has 1 aliphatic rings. The Bertz CT molecular complexity index is 1430. The van der Waals surface area contributed by atoms with E-state index in [9.17, 15) is 31.2 Å². The average Bonchev–Trinajstić information content (AvgIpc) is 3.39. The predicted molar refractivity (Wildman–Crippen MR) is 132 cm³/mol. The van der Waals surface area contributed by atoms with Crippen LogP contribution in [0.5, 0.6) is 0 Å². The summed E-state index contributed by atoms with van der Waals surface area (Å²) in [5, 5.41) is 4.46. The van der Waals surface area contributed by atoms with Crippen LogP contribution in [0.3, 0.4) is 0 Å². The molecule has 1 aliphatic heterocycles. The van der Waals surface area contributed by atoms with Crippen molar-refractivity contribution in [1.29, 1.82) is 0 Å². The van der Waals surface area contributed by atoms with E-state index >= 15 is 0 Å². The Balaban J connectivity index is 0.000000599. The lowest BCUT2D eigenvalue weighted by Gasteiger charge is -2.15. The number of aldehydes is 1. The minimum atomic E-state index is -4.64. The van der Waals surface area contributed by atoms with Crippen LogP contribution < -0.4 is 10.6 Å². The van der Waals surface area contributed by atoms with E-state index in [2.05, 4.69) is 5.10 Å². The first-order valence-electron chi connectivity index (χ1n) is 11.6. The van der Waals surface area contributed by atoms with Gasteiger partial charge in [-0.1, -0.05) is 26.0 Å². The van der Waals surface area contributed by atoms with Crippen LogP contribution in [-0.2, 0) is 34.0 Å². The summed E-state index contributed by atoms with van der Waals surface area (Å²) in [5.41, 5.74) is 7.78. The summed E-state index contributed by atoms with van der Waals surface area (Å²) in [6, 6.07) is 12.4. The van der Waals surface area contributed by atoms with Crippen LogP contribution >= 0.6 is 0 Å². The SMILES string of the molecule is CCc1nn(CCN)c(CC)c1S(=O)(=O)c1ccc(N2C(=O)c3ccccc3C2=O)cc1.O=CC(F)(F)F. The number of amides is 2. The quantitative estimate of drug-likeness (QED) is 0.352. The molecule has 0 unspecified atom stereocenters. The third kappa shape index (κ3) is 5.53. The molecule has 4 rings (SSSR count). The fourth-order valence-corrected chi connectivity index (χ4v) is 5.83. The lowest BCUT2D eigenvalue weighted by atomic mass is 10.1. The molecule has 38 heavy (non-hydrogen) atoms. The number of hydrogen-bond donors (Lipinski definition) is 1. The zero-order chi connectivity index (χ0) is 28.3. The van der Waals surface area contributed by atoms with Crippen LogP contribution in [-0.4, -0.2) is 49.0 Å². The van der Waals surface area contributed by atoms with E-state index < -0.39 is 34.1 Å². The fourth-order valence-electron chi connectivity index (χ4n) is 4.04. The maximum atomic E-state index is 13.5. The molecule has 0 saturated heterocycles. The number of halogens is 3. The van der Waals surface area contributed by atoms with Crippen molar-refractivity contribution in [3.05, 3.63) is 71.0 Å². The number of aryl methyl sites for hydroxylation is 1. The normalized spacial score (nSPS) is 13.3. The minimum Gasteiger partial charge on any atom is -0.329 e. The largest absolute Gasteiger partial charge is 0.446 e. The van der Waals surface area contributed by atoms with Crippen molar-refractivity contribution in [2.75, 3.05) is 11.4 Å². The number of fused-ring (bicyclic) bond motifs is 1. The number of nitrogens with two attached hydrogens (primary N) is 1. The van der Waals surface area contributed by atoms with E-state index in [-0.39, 0.29) is 9.79 Å². The van der Waals surface area contributed by atoms with Crippen LogP contribution in [0.15, 0.2) is 58.3 Å². The molecule has 0 bridgehead atoms. The molecular formula is C25H25F3N4O5S. The summed E-state index contributed by atoms with van der Waals surface area (Å²) in [7, 11) is -3.86. The first-order chi connectivity index (χ1) is 17.9. The number of carbonyl (C=O) groups is 3. The topological polar surface area (TPSA) is 132 Å². The zero-order valence-electron chi connectivity index (χ0n) is 20.5. The fraction of sp³-hybridized carbons (Fsp3) is 0.280. The van der Waals surface area contributed by atoms with Crippen LogP contribution in [0.1, 0.15) is 46.0 Å². The number of carbonyl (C=O) groups excluding carboxylic acids is 3. The monoisotopic (exact) mass is 550 g/mol. The molecule has 0 fully saturated rings. The van der Waals surface area contributed by atoms with Crippen molar-refractivity contribution in [3.8, 4) is 0 Å². The van der Waals surface area contributed by atoms with E-state index in [1.165, 1.54) is 24.3 Å². The molecule has 0 radical (unpaired) electrons. The number of nitrogens with zero attached hydrogens (tertiary/aromatic N) is 3. The minimum absolute atomic E-state index is 0.0783. The highest BCUT2D eigenvalue weighted by atomic mass is 32.2. The van der Waals surface area contributed by atoms with Crippen LogP contribution in [0.25, 0.3) is 0 Å². The van der Waals surface area contributed by atoms with Crippen molar-refractivity contribution in [3.63, 3.8) is 0 Å². The van der Waals surface area contributed by atoms with Crippen LogP contribution in [0, 0.1) is 0 Å². The Morgan fingerprint density at radius 3 is 1.89 bits per heavy atom. The smallest absolute Gasteiger partial charge is 0.329 e. The summed E-state index contributed by atoms with van der Waals surface area (Å²) in [4.78, 5) is 35.5. The molecule has 0 saturated carbocycles. The lowest BCUT2D eigenvalue weighted by Crippen LogP contribution is -2.29. The third-order valence-electron chi connectivity index (χ3n) is 5.69. The molecule has 0 spiro atoms. The lowest BCUT2D eigenvalue weighted by molar-refractivity contribution is -0.156. The highest BCUT2D eigenvalue weighted by Crippen LogP contribution is 2.32. The van der Waals surface area contributed by atoms with Crippen molar-refractivity contribution < 1.29 is 36.0 Å². The van der Waals surface area contributed by atoms with E-state index in [0.29, 0.717) is 54.1 Å². The predicted octanol–water partition coefficient (Wildman–Crippen LogP) is 3.35. The molecule has 3 aromatic rings. The summed E-state index contributed by atoms with van der Waals surface area (Å²) in [6.07, 6.45) is -4.74. The molecule has 1 aromatic heterocycles. The number of rotatable bonds is 7. The van der Waals surface area contributed by atoms with E-state index in [0.717, 1.165) is 4.90 Å². The Morgan fingerprint density at radius 1 is 0.947 bits per heavy atom. The van der Waals surface area contributed by atoms with Gasteiger partial charge in [-0.05, 0) is 49.2 Å². The number of hydrogen-bond acceptors (Lipinski definition) is 7. The van der Waals surface area contributed by atoms with Gasteiger partial charge in [0.2, 0.25) is 16.1 Å². The number of anilines is 1. The Morgan fingerprint density at radius 2 is 1.47 bits per heavy atom. The van der Waals surface area contributed by atoms with Gasteiger partial charge >= 0.3 is 6.18 Å². The first kappa shape index (κ1) is 28.7. The molecule has 202 valence electrons. The first-order valence-corrected chi connectivity index (χ1v) is 13.0. The van der Waals surface area contributed by atoms with Crippen LogP contribution in [0.2, 0.25) is 0 Å². The average molecular weight is 551 g/mol. The number of sulfone groups is 1. The van der Waals surface area contributed by atoms with Gasteiger partial charge in [0.25, 0.3) is 11.8 Å². The Labute approximate surface area is 217 Å². The molecule has 13 heteroatoms. The summed E-state index contributed by atoms with van der Waals surface area (Å²) < 4.78 is 60.0. The molecule has 0 atom stereocenters. The van der Waals surface area contributed by atoms with Crippen LogP contribution in [0.4, 0.5) is 18.9 Å². The van der Waals surface area contributed by atoms with Crippen molar-refractivity contribution in [2.24, 2.45) is 5.73 Å². The number of imide groups is 1. The third-order valence-corrected chi connectivity index (χ3v) is 7.59. The maximum Gasteiger partial charge on any atom is 0.446 e. The van der Waals surface area contributed by atoms with E-state index in [1.54, 1.807) is 28.9 Å². The second-order valence-electron chi connectivity index (χ2n) is 8.09. The van der Waals surface area contributed by atoms with Crippen molar-refractivity contribution >= 4 is 33.6 Å². The summed E-state index contributed by atoms with van der Waals surface area (Å²) >= 11 is 0. The van der Waals surface area contributed by atoms with Gasteiger partial charge in [-0.25, -0.2) is 13.3 Å². The molecule has 2 N–H and O–H groups in total. The maximum absolute atomic E-state index is 13.5. The van der Waals surface area contributed by atoms with Gasteiger partial charge in [-0.2, -0.15) is 18.3 Å². The van der Waals surface area contributed by atoms with Gasteiger partial charge in [0.1, 0.15) is 4.90 Å². The van der Waals surface area contributed by atoms with Crippen molar-refractivity contribution in [2.45, 2.75) is 49.2 Å². The van der Waals surface area contributed by atoms with Crippen molar-refractivity contribution in [1.82, 2.24) is 9.78 Å². The van der Waals surface area contributed by atoms with Gasteiger partial charge in [0.15, 0.2) is 0 Å². The number of alkyl halides is 3. The summed E-state index contributed by atoms with van der Waals surface area (Å²) in [5.74, 6) is -0.850. The number of benzene rings is 2. The highest BCUT2D eigenvalue weighted by molar-refractivity contribution is 7.91. The molecule has 2 aromatic carbocycles. The van der Waals surface area contributed by atoms with Gasteiger partial charge in [0.05, 0.1) is 39.6 Å². The summed E-state index contributed by atoms with van der Waals surface area (Å²) in [6.45, 7) is 4.53. The van der Waals surface area contributed by atoms with Gasteiger partial charge in [-0.3, -0.25) is 19.1 Å². The van der Waals surface area contributed by atoms with E-state index in [1.807, 2.05) is 13.8 Å². The molecule has 0 aliphatic carbocycles. The highest BCUT2D eigenvalue weighted by Gasteiger charge is 2.36. The molecular weight excluding hydrogens is 525 g/mol. The second-order valence-corrected chi connectivity index (χ2v) is 9.98. The molecule has 9 nitrogen and oxygen atoms in total. The Kier molecular flexibility index (Phi) is 8.52. The Hall–Kier alpha value is -3.84. The number of aromatic nitrogens is 2. The molecule has 2 heterocycles.